The molecule has 0 saturated carbocycles. The molecule has 0 aliphatic rings. The van der Waals surface area contributed by atoms with Gasteiger partial charge in [-0.2, -0.15) is 0 Å². The normalized spacial score (nSPS) is 9.08. The fraction of sp³-hybridized carbons (Fsp3) is 0.920. The summed E-state index contributed by atoms with van der Waals surface area (Å²) in [6, 6.07) is 0. The van der Waals surface area contributed by atoms with Crippen LogP contribution in [0.15, 0.2) is 12.2 Å². The monoisotopic (exact) mass is 360 g/mol. The number of rotatable bonds is 7. The Morgan fingerprint density at radius 2 is 0.800 bits per heavy atom. The minimum absolute atomic E-state index is 0.949. The smallest absolute Gasteiger partial charge is 0.0443 e. The summed E-state index contributed by atoms with van der Waals surface area (Å²) in [5, 5.41) is 0. The maximum atomic E-state index is 3.56. The van der Waals surface area contributed by atoms with Gasteiger partial charge in [0.05, 0.1) is 0 Å². The molecule has 0 fully saturated rings. The summed E-state index contributed by atoms with van der Waals surface area (Å²) in [7, 11) is 0. The highest BCUT2D eigenvalue weighted by Gasteiger charge is 1.95. The van der Waals surface area contributed by atoms with E-state index < -0.39 is 0 Å². The van der Waals surface area contributed by atoms with Crippen molar-refractivity contribution in [1.29, 1.82) is 0 Å². The first-order valence-electron chi connectivity index (χ1n) is 11.5. The highest BCUT2D eigenvalue weighted by Crippen LogP contribution is 2.10. The van der Waals surface area contributed by atoms with Crippen LogP contribution in [0.25, 0.3) is 0 Å². The van der Waals surface area contributed by atoms with Gasteiger partial charge in [-0.25, -0.2) is 0 Å². The minimum Gasteiger partial charge on any atom is -0.100 e. The van der Waals surface area contributed by atoms with Gasteiger partial charge in [0.25, 0.3) is 0 Å². The fourth-order valence-corrected chi connectivity index (χ4v) is 1.83. The lowest BCUT2D eigenvalue weighted by Crippen LogP contribution is -1.91. The number of hydrogen-bond donors (Lipinski definition) is 0. The van der Waals surface area contributed by atoms with Crippen molar-refractivity contribution in [2.45, 2.75) is 142 Å². The van der Waals surface area contributed by atoms with Gasteiger partial charge in [-0.3, -0.25) is 0 Å². The SMILES string of the molecule is C=C(C)C.CC.CC.CC.CCCC(C)CC.CCCC(C)CCC. The lowest BCUT2D eigenvalue weighted by molar-refractivity contribution is 0.480. The topological polar surface area (TPSA) is 0 Å². The van der Waals surface area contributed by atoms with E-state index in [0.29, 0.717) is 0 Å². The first-order chi connectivity index (χ1) is 11.8. The molecular weight excluding hydrogens is 300 g/mol. The van der Waals surface area contributed by atoms with Crippen LogP contribution in [0.1, 0.15) is 142 Å². The van der Waals surface area contributed by atoms with Crippen LogP contribution >= 0.6 is 0 Å². The second-order valence-corrected chi connectivity index (χ2v) is 6.19. The summed E-state index contributed by atoms with van der Waals surface area (Å²) in [5.41, 5.74) is 1.17. The van der Waals surface area contributed by atoms with E-state index >= 15 is 0 Å². The first-order valence-corrected chi connectivity index (χ1v) is 11.5. The molecule has 0 saturated heterocycles. The van der Waals surface area contributed by atoms with Crippen molar-refractivity contribution in [1.82, 2.24) is 0 Å². The Bertz CT molecular complexity index is 147. The van der Waals surface area contributed by atoms with Gasteiger partial charge in [0.1, 0.15) is 0 Å². The van der Waals surface area contributed by atoms with E-state index in [2.05, 4.69) is 48.1 Å². The molecule has 0 aromatic carbocycles. The first kappa shape index (κ1) is 39.7. The fourth-order valence-electron chi connectivity index (χ4n) is 1.83. The Kier molecular flexibility index (Phi) is 78.7. The van der Waals surface area contributed by atoms with Gasteiger partial charge >= 0.3 is 0 Å². The Morgan fingerprint density at radius 1 is 0.600 bits per heavy atom. The summed E-state index contributed by atoms with van der Waals surface area (Å²) in [6.45, 7) is 33.2. The van der Waals surface area contributed by atoms with Crippen molar-refractivity contribution in [3.63, 3.8) is 0 Å². The molecule has 0 rings (SSSR count). The van der Waals surface area contributed by atoms with Crippen molar-refractivity contribution in [2.24, 2.45) is 11.8 Å². The molecule has 0 aromatic heterocycles. The van der Waals surface area contributed by atoms with E-state index in [1.165, 1.54) is 50.5 Å². The van der Waals surface area contributed by atoms with Gasteiger partial charge in [0.15, 0.2) is 0 Å². The minimum atomic E-state index is 0.949. The van der Waals surface area contributed by atoms with Crippen LogP contribution in [0.5, 0.6) is 0 Å². The lowest BCUT2D eigenvalue weighted by Gasteiger charge is -2.05. The summed E-state index contributed by atoms with van der Waals surface area (Å²) < 4.78 is 0. The largest absolute Gasteiger partial charge is 0.100 e. The molecule has 0 aliphatic heterocycles. The summed E-state index contributed by atoms with van der Waals surface area (Å²) in [5.74, 6) is 1.91. The van der Waals surface area contributed by atoms with Crippen LogP contribution in [0.4, 0.5) is 0 Å². The van der Waals surface area contributed by atoms with E-state index in [4.69, 9.17) is 0 Å². The van der Waals surface area contributed by atoms with E-state index in [1.54, 1.807) is 0 Å². The predicted octanol–water partition coefficient (Wildman–Crippen LogP) is 10.7. The molecule has 0 spiro atoms. The Hall–Kier alpha value is -0.260. The Balaban J connectivity index is -0.0000000484. The third kappa shape index (κ3) is 97.3. The zero-order chi connectivity index (χ0) is 21.7. The van der Waals surface area contributed by atoms with Crippen molar-refractivity contribution < 1.29 is 0 Å². The maximum absolute atomic E-state index is 3.56. The van der Waals surface area contributed by atoms with E-state index in [9.17, 15) is 0 Å². The van der Waals surface area contributed by atoms with Gasteiger partial charge in [-0.1, -0.05) is 134 Å². The van der Waals surface area contributed by atoms with Crippen molar-refractivity contribution in [3.8, 4) is 0 Å². The van der Waals surface area contributed by atoms with E-state index in [0.717, 1.165) is 11.8 Å². The van der Waals surface area contributed by atoms with Gasteiger partial charge in [-0.15, -0.1) is 6.58 Å². The van der Waals surface area contributed by atoms with Crippen LogP contribution in [0, 0.1) is 11.8 Å². The molecule has 0 bridgehead atoms. The highest BCUT2D eigenvalue weighted by atomic mass is 14.0. The van der Waals surface area contributed by atoms with Gasteiger partial charge in [0.2, 0.25) is 0 Å². The van der Waals surface area contributed by atoms with Gasteiger partial charge in [0, 0.05) is 0 Å². The number of hydrogen-bond acceptors (Lipinski definition) is 0. The average Bonchev–Trinajstić information content (AvgIpc) is 2.61. The second-order valence-electron chi connectivity index (χ2n) is 6.19. The zero-order valence-electron chi connectivity index (χ0n) is 21.3. The number of allylic oxidation sites excluding steroid dienone is 1. The van der Waals surface area contributed by atoms with Crippen LogP contribution < -0.4 is 0 Å². The maximum Gasteiger partial charge on any atom is -0.0443 e. The summed E-state index contributed by atoms with van der Waals surface area (Å²) in [6.07, 6.45) is 9.60. The molecule has 0 amide bonds. The van der Waals surface area contributed by atoms with Gasteiger partial charge in [-0.05, 0) is 25.7 Å². The average molecular weight is 361 g/mol. The van der Waals surface area contributed by atoms with Crippen LogP contribution in [0.2, 0.25) is 0 Å². The van der Waals surface area contributed by atoms with Crippen LogP contribution in [-0.4, -0.2) is 0 Å². The Labute approximate surface area is 166 Å². The van der Waals surface area contributed by atoms with Crippen LogP contribution in [-0.2, 0) is 0 Å². The van der Waals surface area contributed by atoms with Crippen molar-refractivity contribution in [3.05, 3.63) is 12.2 Å². The summed E-state index contributed by atoms with van der Waals surface area (Å²) in [4.78, 5) is 0. The lowest BCUT2D eigenvalue weighted by atomic mass is 10.0. The summed E-state index contributed by atoms with van der Waals surface area (Å²) >= 11 is 0. The molecular formula is C25H60. The van der Waals surface area contributed by atoms with E-state index in [1.807, 2.05) is 55.4 Å². The molecule has 0 nitrogen and oxygen atoms in total. The molecule has 0 aromatic rings. The Morgan fingerprint density at radius 3 is 0.920 bits per heavy atom. The molecule has 0 heterocycles. The molecule has 0 heteroatoms. The zero-order valence-corrected chi connectivity index (χ0v) is 21.3. The van der Waals surface area contributed by atoms with Crippen molar-refractivity contribution >= 4 is 0 Å². The predicted molar refractivity (Wildman–Crippen MR) is 128 cm³/mol. The third-order valence-corrected chi connectivity index (χ3v) is 3.04. The van der Waals surface area contributed by atoms with Gasteiger partial charge < -0.3 is 0 Å². The molecule has 160 valence electrons. The molecule has 1 unspecified atom stereocenters. The van der Waals surface area contributed by atoms with E-state index in [-0.39, 0.29) is 0 Å². The molecule has 1 atom stereocenters. The second kappa shape index (κ2) is 49.6. The standard InChI is InChI=1S/C8H18.C7H16.C4H8.3C2H6/c1-4-6-8(3)7-5-2;1-4-6-7(3)5-2;1-4(2)3;3*1-2/h8H,4-7H2,1-3H3;7H,4-6H2,1-3H3;1H2,2-3H3;3*1-2H3. The molecule has 25 heavy (non-hydrogen) atoms. The van der Waals surface area contributed by atoms with Crippen LogP contribution in [0.3, 0.4) is 0 Å². The highest BCUT2D eigenvalue weighted by molar-refractivity contribution is 4.78. The quantitative estimate of drug-likeness (QED) is 0.396. The molecule has 0 N–H and O–H groups in total. The van der Waals surface area contributed by atoms with Crippen molar-refractivity contribution in [2.75, 3.05) is 0 Å². The molecule has 0 radical (unpaired) electrons. The molecule has 0 aliphatic carbocycles. The third-order valence-electron chi connectivity index (χ3n) is 3.04.